The SMILES string of the molecule is N#Cc1ccc(/C=C/c2ccc3c(c2)c(-c2ccccc2)c(-c2ccccc2)c2cc(/C=C/c4ccc(C#N)cc4)ccc23)cc1. The van der Waals surface area contributed by atoms with E-state index in [0.717, 1.165) is 22.3 Å². The van der Waals surface area contributed by atoms with Crippen molar-refractivity contribution >= 4 is 45.8 Å². The molecule has 0 aliphatic rings. The van der Waals surface area contributed by atoms with Gasteiger partial charge in [-0.1, -0.05) is 133 Å². The van der Waals surface area contributed by atoms with Gasteiger partial charge in [-0.15, -0.1) is 0 Å². The summed E-state index contributed by atoms with van der Waals surface area (Å²) in [5.74, 6) is 0. The van der Waals surface area contributed by atoms with E-state index in [1.807, 2.05) is 48.5 Å². The number of benzene rings is 7. The van der Waals surface area contributed by atoms with Crippen LogP contribution in [0.15, 0.2) is 146 Å². The minimum atomic E-state index is 0.656. The summed E-state index contributed by atoms with van der Waals surface area (Å²) in [7, 11) is 0. The number of rotatable bonds is 6. The Balaban J connectivity index is 1.45. The Morgan fingerprint density at radius 3 is 1.07 bits per heavy atom. The number of nitrogens with zero attached hydrogens (tertiary/aromatic N) is 2. The second-order valence-corrected chi connectivity index (χ2v) is 11.2. The predicted molar refractivity (Wildman–Crippen MR) is 192 cm³/mol. The minimum absolute atomic E-state index is 0.656. The van der Waals surface area contributed by atoms with Gasteiger partial charge in [-0.3, -0.25) is 0 Å². The van der Waals surface area contributed by atoms with Crippen molar-refractivity contribution in [2.24, 2.45) is 0 Å². The van der Waals surface area contributed by atoms with Crippen LogP contribution in [-0.2, 0) is 0 Å². The van der Waals surface area contributed by atoms with Crippen molar-refractivity contribution < 1.29 is 0 Å². The normalized spacial score (nSPS) is 11.3. The van der Waals surface area contributed by atoms with Crippen LogP contribution >= 0.6 is 0 Å². The molecular weight excluding hydrogens is 556 g/mol. The Kier molecular flexibility index (Phi) is 7.77. The average molecular weight is 585 g/mol. The van der Waals surface area contributed by atoms with Crippen LogP contribution in [0.2, 0.25) is 0 Å². The summed E-state index contributed by atoms with van der Waals surface area (Å²) in [4.78, 5) is 0. The maximum Gasteiger partial charge on any atom is 0.0991 e. The van der Waals surface area contributed by atoms with Crippen LogP contribution < -0.4 is 0 Å². The summed E-state index contributed by atoms with van der Waals surface area (Å²) >= 11 is 0. The molecule has 0 fully saturated rings. The molecule has 0 aromatic heterocycles. The van der Waals surface area contributed by atoms with Crippen molar-refractivity contribution in [1.29, 1.82) is 10.5 Å². The molecule has 7 aromatic rings. The van der Waals surface area contributed by atoms with Gasteiger partial charge in [-0.05, 0) is 102 Å². The number of nitriles is 2. The van der Waals surface area contributed by atoms with E-state index in [4.69, 9.17) is 10.5 Å². The summed E-state index contributed by atoms with van der Waals surface area (Å²) in [6.07, 6.45) is 8.46. The van der Waals surface area contributed by atoms with Gasteiger partial charge < -0.3 is 0 Å². The van der Waals surface area contributed by atoms with E-state index < -0.39 is 0 Å². The Labute approximate surface area is 269 Å². The fourth-order valence-electron chi connectivity index (χ4n) is 6.02. The lowest BCUT2D eigenvalue weighted by atomic mass is 9.84. The highest BCUT2D eigenvalue weighted by molar-refractivity contribution is 6.22. The smallest absolute Gasteiger partial charge is 0.0991 e. The fourth-order valence-corrected chi connectivity index (χ4v) is 6.02. The fraction of sp³-hybridized carbons (Fsp3) is 0. The van der Waals surface area contributed by atoms with Crippen molar-refractivity contribution in [3.8, 4) is 34.4 Å². The largest absolute Gasteiger partial charge is 0.192 e. The third kappa shape index (κ3) is 5.72. The van der Waals surface area contributed by atoms with Gasteiger partial charge in [0.2, 0.25) is 0 Å². The lowest BCUT2D eigenvalue weighted by Crippen LogP contribution is -1.93. The molecule has 0 saturated carbocycles. The molecule has 0 radical (unpaired) electrons. The molecule has 46 heavy (non-hydrogen) atoms. The van der Waals surface area contributed by atoms with Crippen LogP contribution in [-0.4, -0.2) is 0 Å². The van der Waals surface area contributed by atoms with Crippen LogP contribution in [0, 0.1) is 22.7 Å². The van der Waals surface area contributed by atoms with E-state index in [9.17, 15) is 0 Å². The van der Waals surface area contributed by atoms with Crippen molar-refractivity contribution in [2.75, 3.05) is 0 Å². The zero-order valence-electron chi connectivity index (χ0n) is 25.1. The summed E-state index contributed by atoms with van der Waals surface area (Å²) in [5.41, 5.74) is 10.4. The molecule has 214 valence electrons. The summed E-state index contributed by atoms with van der Waals surface area (Å²) in [5, 5.41) is 23.1. The average Bonchev–Trinajstić information content (AvgIpc) is 3.13. The molecule has 0 spiro atoms. The molecular formula is C44H28N2. The molecule has 0 amide bonds. The van der Waals surface area contributed by atoms with E-state index in [1.54, 1.807) is 0 Å². The Bertz CT molecular complexity index is 2160. The molecule has 0 atom stereocenters. The van der Waals surface area contributed by atoms with Gasteiger partial charge in [0.1, 0.15) is 0 Å². The number of hydrogen-bond acceptors (Lipinski definition) is 2. The maximum absolute atomic E-state index is 9.16. The van der Waals surface area contributed by atoms with Gasteiger partial charge >= 0.3 is 0 Å². The van der Waals surface area contributed by atoms with Gasteiger partial charge in [0.05, 0.1) is 23.3 Å². The van der Waals surface area contributed by atoms with Gasteiger partial charge in [-0.2, -0.15) is 10.5 Å². The van der Waals surface area contributed by atoms with Crippen LogP contribution in [0.4, 0.5) is 0 Å². The lowest BCUT2D eigenvalue weighted by molar-refractivity contribution is 1.48. The van der Waals surface area contributed by atoms with E-state index in [0.29, 0.717) is 11.1 Å². The lowest BCUT2D eigenvalue weighted by Gasteiger charge is -2.19. The zero-order valence-corrected chi connectivity index (χ0v) is 25.1. The summed E-state index contributed by atoms with van der Waals surface area (Å²) in [6, 6.07) is 54.4. The topological polar surface area (TPSA) is 47.6 Å². The minimum Gasteiger partial charge on any atom is -0.192 e. The van der Waals surface area contributed by atoms with E-state index in [-0.39, 0.29) is 0 Å². The molecule has 7 rings (SSSR count). The van der Waals surface area contributed by atoms with Crippen LogP contribution in [0.3, 0.4) is 0 Å². The van der Waals surface area contributed by atoms with E-state index in [1.165, 1.54) is 43.8 Å². The third-order valence-corrected chi connectivity index (χ3v) is 8.31. The third-order valence-electron chi connectivity index (χ3n) is 8.31. The molecule has 7 aromatic carbocycles. The standard InChI is InChI=1S/C44H28N2/c45-29-35-19-13-31(14-20-35)11-17-33-23-25-39-40-26-24-34(18-12-32-15-21-36(30-46)22-16-32)28-42(40)44(38-9-5-2-6-10-38)43(41(39)27-33)37-7-3-1-4-8-37/h1-28H/b17-11+,18-12+. The second-order valence-electron chi connectivity index (χ2n) is 11.2. The quantitative estimate of drug-likeness (QED) is 0.144. The van der Waals surface area contributed by atoms with Crippen LogP contribution in [0.25, 0.3) is 68.1 Å². The highest BCUT2D eigenvalue weighted by Gasteiger charge is 2.18. The first kappa shape index (κ1) is 28.3. The monoisotopic (exact) mass is 584 g/mol. The Morgan fingerprint density at radius 1 is 0.348 bits per heavy atom. The number of fused-ring (bicyclic) bond motifs is 3. The molecule has 2 heteroatoms. The molecule has 0 unspecified atom stereocenters. The molecule has 0 heterocycles. The van der Waals surface area contributed by atoms with Gasteiger partial charge in [0.25, 0.3) is 0 Å². The van der Waals surface area contributed by atoms with Crippen molar-refractivity contribution in [3.63, 3.8) is 0 Å². The summed E-state index contributed by atoms with van der Waals surface area (Å²) in [6.45, 7) is 0. The highest BCUT2D eigenvalue weighted by Crippen LogP contribution is 2.45. The predicted octanol–water partition coefficient (Wildman–Crippen LogP) is 11.4. The number of hydrogen-bond donors (Lipinski definition) is 0. The molecule has 2 nitrogen and oxygen atoms in total. The first-order valence-electron chi connectivity index (χ1n) is 15.2. The maximum atomic E-state index is 9.16. The second kappa shape index (κ2) is 12.6. The van der Waals surface area contributed by atoms with Crippen LogP contribution in [0.1, 0.15) is 33.4 Å². The van der Waals surface area contributed by atoms with Gasteiger partial charge in [-0.25, -0.2) is 0 Å². The molecule has 0 N–H and O–H groups in total. The van der Waals surface area contributed by atoms with Crippen molar-refractivity contribution in [2.45, 2.75) is 0 Å². The molecule has 0 bridgehead atoms. The van der Waals surface area contributed by atoms with Crippen molar-refractivity contribution in [1.82, 2.24) is 0 Å². The van der Waals surface area contributed by atoms with Crippen molar-refractivity contribution in [3.05, 3.63) is 179 Å². The first-order valence-corrected chi connectivity index (χ1v) is 15.2. The van der Waals surface area contributed by atoms with E-state index >= 15 is 0 Å². The van der Waals surface area contributed by atoms with Gasteiger partial charge in [0.15, 0.2) is 0 Å². The zero-order chi connectivity index (χ0) is 31.3. The molecule has 0 aliphatic heterocycles. The molecule has 0 aliphatic carbocycles. The van der Waals surface area contributed by atoms with Crippen LogP contribution in [0.5, 0.6) is 0 Å². The van der Waals surface area contributed by atoms with E-state index in [2.05, 4.69) is 134 Å². The molecule has 0 saturated heterocycles. The summed E-state index contributed by atoms with van der Waals surface area (Å²) < 4.78 is 0. The van der Waals surface area contributed by atoms with Gasteiger partial charge in [0, 0.05) is 0 Å². The highest BCUT2D eigenvalue weighted by atomic mass is 14.2. The first-order chi connectivity index (χ1) is 22.7. The Morgan fingerprint density at radius 2 is 0.696 bits per heavy atom. The Hall–Kier alpha value is -6.48.